The van der Waals surface area contributed by atoms with Gasteiger partial charge < -0.3 is 9.84 Å². The summed E-state index contributed by atoms with van der Waals surface area (Å²) in [6.45, 7) is 2.82. The highest BCUT2D eigenvalue weighted by Crippen LogP contribution is 2.24. The molecule has 5 heteroatoms. The van der Waals surface area contributed by atoms with Gasteiger partial charge in [-0.05, 0) is 42.1 Å². The van der Waals surface area contributed by atoms with E-state index in [0.717, 1.165) is 29.4 Å². The average molecular weight is 263 g/mol. The third-order valence-corrected chi connectivity index (χ3v) is 2.82. The van der Waals surface area contributed by atoms with E-state index in [4.69, 9.17) is 9.84 Å². The fourth-order valence-electron chi connectivity index (χ4n) is 1.05. The molecular weight excluding hydrogens is 248 g/mol. The number of aromatic nitrogens is 2. The molecule has 1 heterocycles. The summed E-state index contributed by atoms with van der Waals surface area (Å²) in [5.41, 5.74) is 0.968. The Balaban J connectivity index is 2.21. The number of H-pyrrole nitrogens is 1. The maximum absolute atomic E-state index is 8.56. The van der Waals surface area contributed by atoms with Crippen LogP contribution < -0.4 is 4.74 Å². The van der Waals surface area contributed by atoms with Crippen molar-refractivity contribution in [1.29, 1.82) is 0 Å². The SMILES string of the molecule is Cc1[nH]nc(OCCCCCO)c1Br. The summed E-state index contributed by atoms with van der Waals surface area (Å²) in [7, 11) is 0. The van der Waals surface area contributed by atoms with Gasteiger partial charge in [0.15, 0.2) is 0 Å². The Hall–Kier alpha value is -0.550. The van der Waals surface area contributed by atoms with Crippen LogP contribution >= 0.6 is 15.9 Å². The summed E-state index contributed by atoms with van der Waals surface area (Å²) in [5, 5.41) is 15.4. The minimum absolute atomic E-state index is 0.255. The molecule has 0 saturated heterocycles. The van der Waals surface area contributed by atoms with Crippen molar-refractivity contribution < 1.29 is 9.84 Å². The van der Waals surface area contributed by atoms with Crippen LogP contribution in [-0.4, -0.2) is 28.5 Å². The second-order valence-corrected chi connectivity index (χ2v) is 3.89. The van der Waals surface area contributed by atoms with Crippen LogP contribution in [0.3, 0.4) is 0 Å². The number of hydrogen-bond acceptors (Lipinski definition) is 3. The first-order valence-corrected chi connectivity index (χ1v) is 5.49. The molecule has 0 amide bonds. The lowest BCUT2D eigenvalue weighted by Gasteiger charge is -2.02. The van der Waals surface area contributed by atoms with Crippen molar-refractivity contribution in [2.24, 2.45) is 0 Å². The number of nitrogens with zero attached hydrogens (tertiary/aromatic N) is 1. The number of aromatic amines is 1. The van der Waals surface area contributed by atoms with Gasteiger partial charge in [0.1, 0.15) is 4.47 Å². The van der Waals surface area contributed by atoms with Crippen molar-refractivity contribution in [2.75, 3.05) is 13.2 Å². The standard InChI is InChI=1S/C9H15BrN2O2/c1-7-8(10)9(12-11-7)14-6-4-2-3-5-13/h13H,2-6H2,1H3,(H,11,12). The summed E-state index contributed by atoms with van der Waals surface area (Å²) >= 11 is 3.37. The van der Waals surface area contributed by atoms with Gasteiger partial charge in [0.25, 0.3) is 0 Å². The normalized spacial score (nSPS) is 10.5. The number of aliphatic hydroxyl groups is 1. The molecule has 1 rings (SSSR count). The maximum Gasteiger partial charge on any atom is 0.247 e. The molecule has 0 radical (unpaired) electrons. The number of nitrogens with one attached hydrogen (secondary N) is 1. The van der Waals surface area contributed by atoms with Gasteiger partial charge in [-0.2, -0.15) is 0 Å². The highest BCUT2D eigenvalue weighted by molar-refractivity contribution is 9.10. The fourth-order valence-corrected chi connectivity index (χ4v) is 1.34. The van der Waals surface area contributed by atoms with Gasteiger partial charge in [-0.25, -0.2) is 0 Å². The van der Waals surface area contributed by atoms with Crippen LogP contribution in [0.5, 0.6) is 5.88 Å². The second kappa shape index (κ2) is 6.03. The zero-order valence-electron chi connectivity index (χ0n) is 8.22. The van der Waals surface area contributed by atoms with Crippen LogP contribution in [0.1, 0.15) is 25.0 Å². The van der Waals surface area contributed by atoms with Crippen molar-refractivity contribution in [3.05, 3.63) is 10.2 Å². The van der Waals surface area contributed by atoms with Crippen LogP contribution in [0.25, 0.3) is 0 Å². The van der Waals surface area contributed by atoms with Gasteiger partial charge in [0.2, 0.25) is 5.88 Å². The van der Waals surface area contributed by atoms with Crippen LogP contribution in [-0.2, 0) is 0 Å². The lowest BCUT2D eigenvalue weighted by atomic mass is 10.2. The molecule has 0 spiro atoms. The van der Waals surface area contributed by atoms with Crippen LogP contribution in [0, 0.1) is 6.92 Å². The van der Waals surface area contributed by atoms with Crippen molar-refractivity contribution in [3.8, 4) is 5.88 Å². The van der Waals surface area contributed by atoms with Gasteiger partial charge in [0, 0.05) is 6.61 Å². The fraction of sp³-hybridized carbons (Fsp3) is 0.667. The van der Waals surface area contributed by atoms with E-state index in [9.17, 15) is 0 Å². The van der Waals surface area contributed by atoms with Gasteiger partial charge in [-0.1, -0.05) is 0 Å². The molecule has 14 heavy (non-hydrogen) atoms. The largest absolute Gasteiger partial charge is 0.476 e. The molecule has 2 N–H and O–H groups in total. The van der Waals surface area contributed by atoms with Gasteiger partial charge in [-0.15, -0.1) is 5.10 Å². The van der Waals surface area contributed by atoms with Crippen LogP contribution in [0.4, 0.5) is 0 Å². The van der Waals surface area contributed by atoms with E-state index < -0.39 is 0 Å². The quantitative estimate of drug-likeness (QED) is 0.772. The number of unbranched alkanes of at least 4 members (excludes halogenated alkanes) is 2. The molecule has 0 aliphatic heterocycles. The molecule has 1 aromatic rings. The van der Waals surface area contributed by atoms with Crippen molar-refractivity contribution in [3.63, 3.8) is 0 Å². The third kappa shape index (κ3) is 3.31. The summed E-state index contributed by atoms with van der Waals surface area (Å²) in [5.74, 6) is 0.617. The molecule has 0 aromatic carbocycles. The summed E-state index contributed by atoms with van der Waals surface area (Å²) in [4.78, 5) is 0. The van der Waals surface area contributed by atoms with Gasteiger partial charge in [-0.3, -0.25) is 5.10 Å². The first-order valence-electron chi connectivity index (χ1n) is 4.70. The number of rotatable bonds is 6. The molecule has 0 aliphatic rings. The molecule has 0 unspecified atom stereocenters. The summed E-state index contributed by atoms with van der Waals surface area (Å²) < 4.78 is 6.32. The molecule has 0 aliphatic carbocycles. The maximum atomic E-state index is 8.56. The molecular formula is C9H15BrN2O2. The summed E-state index contributed by atoms with van der Waals surface area (Å²) in [6, 6.07) is 0. The number of aryl methyl sites for hydroxylation is 1. The highest BCUT2D eigenvalue weighted by Gasteiger charge is 2.07. The highest BCUT2D eigenvalue weighted by atomic mass is 79.9. The molecule has 0 saturated carbocycles. The minimum Gasteiger partial charge on any atom is -0.476 e. The molecule has 0 fully saturated rings. The number of halogens is 1. The number of aliphatic hydroxyl groups excluding tert-OH is 1. The van der Waals surface area contributed by atoms with E-state index in [1.165, 1.54) is 0 Å². The Kier molecular flexibility index (Phi) is 4.97. The Morgan fingerprint density at radius 3 is 2.79 bits per heavy atom. The Morgan fingerprint density at radius 1 is 1.43 bits per heavy atom. The monoisotopic (exact) mass is 262 g/mol. The van der Waals surface area contributed by atoms with Crippen molar-refractivity contribution in [1.82, 2.24) is 10.2 Å². The zero-order chi connectivity index (χ0) is 10.4. The van der Waals surface area contributed by atoms with Crippen LogP contribution in [0.2, 0.25) is 0 Å². The van der Waals surface area contributed by atoms with Crippen molar-refractivity contribution in [2.45, 2.75) is 26.2 Å². The third-order valence-electron chi connectivity index (χ3n) is 1.88. The minimum atomic E-state index is 0.255. The molecule has 0 bridgehead atoms. The lowest BCUT2D eigenvalue weighted by molar-refractivity contribution is 0.262. The molecule has 4 nitrogen and oxygen atoms in total. The number of hydrogen-bond donors (Lipinski definition) is 2. The first kappa shape index (κ1) is 11.5. The van der Waals surface area contributed by atoms with Crippen LogP contribution in [0.15, 0.2) is 4.47 Å². The Bertz CT molecular complexity index is 276. The first-order chi connectivity index (χ1) is 6.75. The second-order valence-electron chi connectivity index (χ2n) is 3.10. The molecule has 1 aromatic heterocycles. The smallest absolute Gasteiger partial charge is 0.247 e. The topological polar surface area (TPSA) is 58.1 Å². The van der Waals surface area contributed by atoms with Gasteiger partial charge in [0.05, 0.1) is 12.3 Å². The predicted molar refractivity (Wildman–Crippen MR) is 57.5 cm³/mol. The van der Waals surface area contributed by atoms with E-state index in [0.29, 0.717) is 12.5 Å². The van der Waals surface area contributed by atoms with E-state index in [-0.39, 0.29) is 6.61 Å². The van der Waals surface area contributed by atoms with Crippen molar-refractivity contribution >= 4 is 15.9 Å². The number of ether oxygens (including phenoxy) is 1. The van der Waals surface area contributed by atoms with E-state index in [1.54, 1.807) is 0 Å². The average Bonchev–Trinajstić information content (AvgIpc) is 2.49. The van der Waals surface area contributed by atoms with E-state index >= 15 is 0 Å². The zero-order valence-corrected chi connectivity index (χ0v) is 9.80. The summed E-state index contributed by atoms with van der Waals surface area (Å²) in [6.07, 6.45) is 2.76. The Labute approximate surface area is 91.8 Å². The van der Waals surface area contributed by atoms with Gasteiger partial charge >= 0.3 is 0 Å². The molecule has 0 atom stereocenters. The predicted octanol–water partition coefficient (Wildman–Crippen LogP) is 2.02. The van der Waals surface area contributed by atoms with E-state index in [1.807, 2.05) is 6.92 Å². The Morgan fingerprint density at radius 2 is 2.21 bits per heavy atom. The van der Waals surface area contributed by atoms with E-state index in [2.05, 4.69) is 26.1 Å². The molecule has 80 valence electrons. The lowest BCUT2D eigenvalue weighted by Crippen LogP contribution is -1.98.